The maximum absolute atomic E-state index is 13.1. The molecule has 0 aliphatic heterocycles. The molecule has 0 saturated carbocycles. The van der Waals surface area contributed by atoms with Crippen LogP contribution in [0.4, 0.5) is 0 Å². The molecule has 3 heteroatoms. The minimum Gasteiger partial charge on any atom is -0.508 e. The predicted octanol–water partition coefficient (Wildman–Crippen LogP) is 7.89. The van der Waals surface area contributed by atoms with Gasteiger partial charge in [0.1, 0.15) is 17.3 Å². The van der Waals surface area contributed by atoms with Crippen LogP contribution in [0.3, 0.4) is 0 Å². The van der Waals surface area contributed by atoms with Gasteiger partial charge in [-0.05, 0) is 41.8 Å². The van der Waals surface area contributed by atoms with Crippen molar-refractivity contribution in [1.82, 2.24) is 0 Å². The molecule has 0 radical (unpaired) electrons. The number of carbonyl (C=O) groups excluding carboxylic acids is 1. The number of ketones is 1. The van der Waals surface area contributed by atoms with Crippen molar-refractivity contribution in [2.75, 3.05) is 0 Å². The lowest BCUT2D eigenvalue weighted by atomic mass is 9.85. The molecule has 0 aromatic heterocycles. The zero-order valence-electron chi connectivity index (χ0n) is 19.2. The summed E-state index contributed by atoms with van der Waals surface area (Å²) in [5.41, 5.74) is 1.76. The Labute approximate surface area is 188 Å². The molecule has 0 saturated heterocycles. The number of phenolic OH excluding ortho intramolecular Hbond substituents is 2. The molecular weight excluding hydrogens is 384 g/mol. The number of Topliss-reactive ketones (excluding diaryl/α,β-unsaturated/α-hetero) is 1. The summed E-state index contributed by atoms with van der Waals surface area (Å²) < 4.78 is 0. The Bertz CT molecular complexity index is 688. The molecule has 2 N–H and O–H groups in total. The fourth-order valence-electron chi connectivity index (χ4n) is 4.18. The van der Waals surface area contributed by atoms with E-state index in [0.29, 0.717) is 6.42 Å². The van der Waals surface area contributed by atoms with E-state index in [1.165, 1.54) is 64.2 Å². The van der Waals surface area contributed by atoms with Gasteiger partial charge in [0.2, 0.25) is 0 Å². The summed E-state index contributed by atoms with van der Waals surface area (Å²) in [7, 11) is 0. The number of phenols is 2. The molecule has 0 spiro atoms. The minimum atomic E-state index is -0.353. The number of rotatable bonds is 16. The first-order valence-electron chi connectivity index (χ1n) is 12.2. The van der Waals surface area contributed by atoms with Crippen LogP contribution >= 0.6 is 0 Å². The molecule has 2 aromatic carbocycles. The van der Waals surface area contributed by atoms with Gasteiger partial charge in [0.05, 0.1) is 5.92 Å². The molecule has 0 bridgehead atoms. The van der Waals surface area contributed by atoms with Gasteiger partial charge in [-0.25, -0.2) is 0 Å². The summed E-state index contributed by atoms with van der Waals surface area (Å²) in [5.74, 6) is 0.237. The molecule has 0 aliphatic carbocycles. The molecule has 2 rings (SSSR count). The predicted molar refractivity (Wildman–Crippen MR) is 129 cm³/mol. The second kappa shape index (κ2) is 14.7. The number of carbonyl (C=O) groups is 1. The van der Waals surface area contributed by atoms with Crippen LogP contribution in [-0.4, -0.2) is 16.0 Å². The Balaban J connectivity index is 1.72. The van der Waals surface area contributed by atoms with Gasteiger partial charge in [-0.1, -0.05) is 102 Å². The number of benzene rings is 2. The highest BCUT2D eigenvalue weighted by Gasteiger charge is 2.22. The van der Waals surface area contributed by atoms with E-state index < -0.39 is 0 Å². The van der Waals surface area contributed by atoms with Crippen molar-refractivity contribution in [2.45, 2.75) is 96.3 Å². The monoisotopic (exact) mass is 424 g/mol. The summed E-state index contributed by atoms with van der Waals surface area (Å²) in [6.45, 7) is 2.26. The molecule has 3 nitrogen and oxygen atoms in total. The number of aromatic hydroxyl groups is 2. The molecule has 170 valence electrons. The average molecular weight is 425 g/mol. The maximum atomic E-state index is 13.1. The summed E-state index contributed by atoms with van der Waals surface area (Å²) in [6, 6.07) is 13.7. The van der Waals surface area contributed by atoms with Crippen LogP contribution < -0.4 is 0 Å². The van der Waals surface area contributed by atoms with Crippen molar-refractivity contribution in [2.24, 2.45) is 0 Å². The van der Waals surface area contributed by atoms with E-state index in [0.717, 1.165) is 24.0 Å². The third-order valence-corrected chi connectivity index (χ3v) is 6.05. The molecule has 0 aliphatic rings. The van der Waals surface area contributed by atoms with Crippen LogP contribution in [-0.2, 0) is 4.79 Å². The lowest BCUT2D eigenvalue weighted by Gasteiger charge is -2.17. The molecule has 31 heavy (non-hydrogen) atoms. The Morgan fingerprint density at radius 1 is 0.613 bits per heavy atom. The van der Waals surface area contributed by atoms with Gasteiger partial charge in [0.15, 0.2) is 0 Å². The third-order valence-electron chi connectivity index (χ3n) is 6.05. The first-order valence-corrected chi connectivity index (χ1v) is 12.2. The summed E-state index contributed by atoms with van der Waals surface area (Å²) in [4.78, 5) is 13.1. The van der Waals surface area contributed by atoms with Crippen LogP contribution in [0.25, 0.3) is 0 Å². The quantitative estimate of drug-likeness (QED) is 0.269. The van der Waals surface area contributed by atoms with Crippen LogP contribution in [0, 0.1) is 0 Å². The van der Waals surface area contributed by atoms with Crippen LogP contribution in [0.15, 0.2) is 48.5 Å². The Morgan fingerprint density at radius 3 is 1.35 bits per heavy atom. The van der Waals surface area contributed by atoms with Crippen LogP contribution in [0.2, 0.25) is 0 Å². The van der Waals surface area contributed by atoms with Gasteiger partial charge in [-0.2, -0.15) is 0 Å². The molecular formula is C28H40O3. The smallest absolute Gasteiger partial charge is 0.144 e. The number of hydrogen-bond acceptors (Lipinski definition) is 3. The van der Waals surface area contributed by atoms with Crippen molar-refractivity contribution >= 4 is 5.78 Å². The fraction of sp³-hybridized carbons (Fsp3) is 0.536. The zero-order valence-corrected chi connectivity index (χ0v) is 19.2. The van der Waals surface area contributed by atoms with Gasteiger partial charge in [0, 0.05) is 6.42 Å². The number of unbranched alkanes of at least 4 members (excludes halogenated alkanes) is 11. The highest BCUT2D eigenvalue weighted by atomic mass is 16.3. The van der Waals surface area contributed by atoms with E-state index in [9.17, 15) is 15.0 Å². The normalized spacial score (nSPS) is 11.2. The highest BCUT2D eigenvalue weighted by molar-refractivity contribution is 5.89. The summed E-state index contributed by atoms with van der Waals surface area (Å²) in [5, 5.41) is 19.2. The maximum Gasteiger partial charge on any atom is 0.144 e. The second-order valence-corrected chi connectivity index (χ2v) is 8.72. The largest absolute Gasteiger partial charge is 0.508 e. The van der Waals surface area contributed by atoms with Crippen molar-refractivity contribution in [1.29, 1.82) is 0 Å². The van der Waals surface area contributed by atoms with E-state index in [4.69, 9.17) is 0 Å². The van der Waals surface area contributed by atoms with Crippen molar-refractivity contribution in [3.8, 4) is 11.5 Å². The lowest BCUT2D eigenvalue weighted by Crippen LogP contribution is -2.14. The molecule has 0 fully saturated rings. The topological polar surface area (TPSA) is 57.5 Å². The van der Waals surface area contributed by atoms with Crippen LogP contribution in [0.1, 0.15) is 107 Å². The molecule has 0 atom stereocenters. The Hall–Kier alpha value is -2.29. The second-order valence-electron chi connectivity index (χ2n) is 8.72. The molecule has 0 heterocycles. The molecule has 2 aromatic rings. The first-order chi connectivity index (χ1) is 15.1. The summed E-state index contributed by atoms with van der Waals surface area (Å²) in [6.07, 6.45) is 15.9. The summed E-state index contributed by atoms with van der Waals surface area (Å²) >= 11 is 0. The van der Waals surface area contributed by atoms with Gasteiger partial charge in [-0.3, -0.25) is 4.79 Å². The van der Waals surface area contributed by atoms with Crippen LogP contribution in [0.5, 0.6) is 11.5 Å². The van der Waals surface area contributed by atoms with Crippen molar-refractivity contribution < 1.29 is 15.0 Å². The van der Waals surface area contributed by atoms with E-state index in [1.807, 2.05) is 24.3 Å². The van der Waals surface area contributed by atoms with E-state index >= 15 is 0 Å². The number of hydrogen-bond donors (Lipinski definition) is 2. The van der Waals surface area contributed by atoms with Crippen molar-refractivity contribution in [3.63, 3.8) is 0 Å². The highest BCUT2D eigenvalue weighted by Crippen LogP contribution is 2.30. The van der Waals surface area contributed by atoms with Crippen molar-refractivity contribution in [3.05, 3.63) is 59.7 Å². The average Bonchev–Trinajstić information content (AvgIpc) is 2.77. The Kier molecular flexibility index (Phi) is 11.8. The molecule has 0 unspecified atom stereocenters. The van der Waals surface area contributed by atoms with Gasteiger partial charge < -0.3 is 10.2 Å². The first kappa shape index (κ1) is 25.0. The zero-order chi connectivity index (χ0) is 22.3. The SMILES string of the molecule is CCCCCCCCCCCCCCC(=O)C(c1ccc(O)cc1)c1ccc(O)cc1. The molecule has 0 amide bonds. The van der Waals surface area contributed by atoms with Gasteiger partial charge in [0.25, 0.3) is 0 Å². The standard InChI is InChI=1S/C28H40O3/c1-2-3-4-5-6-7-8-9-10-11-12-13-14-27(31)28(23-15-19-25(29)20-16-23)24-17-21-26(30)22-18-24/h15-22,28-30H,2-14H2,1H3. The van der Waals surface area contributed by atoms with E-state index in [2.05, 4.69) is 6.92 Å². The van der Waals surface area contributed by atoms with Gasteiger partial charge >= 0.3 is 0 Å². The van der Waals surface area contributed by atoms with E-state index in [-0.39, 0.29) is 23.2 Å². The third kappa shape index (κ3) is 9.59. The van der Waals surface area contributed by atoms with Gasteiger partial charge in [-0.15, -0.1) is 0 Å². The van der Waals surface area contributed by atoms with E-state index in [1.54, 1.807) is 24.3 Å². The fourth-order valence-corrected chi connectivity index (χ4v) is 4.18. The Morgan fingerprint density at radius 2 is 0.968 bits per heavy atom. The minimum absolute atomic E-state index is 0.196. The lowest BCUT2D eigenvalue weighted by molar-refractivity contribution is -0.119.